The molecule has 0 saturated heterocycles. The molecule has 0 spiro atoms. The molecule has 2 aromatic heterocycles. The summed E-state index contributed by atoms with van der Waals surface area (Å²) in [4.78, 5) is 32.2. The summed E-state index contributed by atoms with van der Waals surface area (Å²) in [6.45, 7) is 5.49. The van der Waals surface area contributed by atoms with Crippen LogP contribution in [0.4, 0.5) is 5.69 Å². The van der Waals surface area contributed by atoms with Crippen molar-refractivity contribution < 1.29 is 14.3 Å². The Morgan fingerprint density at radius 3 is 2.54 bits per heavy atom. The van der Waals surface area contributed by atoms with E-state index in [1.165, 1.54) is 15.9 Å². The summed E-state index contributed by atoms with van der Waals surface area (Å²) >= 11 is 1.20. The molecule has 0 saturated carbocycles. The Morgan fingerprint density at radius 2 is 1.83 bits per heavy atom. The molecule has 5 rings (SSSR count). The van der Waals surface area contributed by atoms with Gasteiger partial charge in [0.1, 0.15) is 23.3 Å². The fourth-order valence-corrected chi connectivity index (χ4v) is 5.17. The van der Waals surface area contributed by atoms with Gasteiger partial charge in [0.25, 0.3) is 11.5 Å². The first kappa shape index (κ1) is 22.6. The maximum absolute atomic E-state index is 13.6. The molecule has 1 atom stereocenters. The predicted octanol–water partition coefficient (Wildman–Crippen LogP) is 3.79. The number of hydrogen-bond acceptors (Lipinski definition) is 6. The number of fused-ring (bicyclic) bond motifs is 1. The third-order valence-electron chi connectivity index (χ3n) is 5.91. The molecule has 0 radical (unpaired) electrons. The number of nitrogens with zero attached hydrogens (tertiary/aromatic N) is 2. The molecule has 35 heavy (non-hydrogen) atoms. The van der Waals surface area contributed by atoms with Gasteiger partial charge >= 0.3 is 0 Å². The molecule has 2 N–H and O–H groups in total. The second kappa shape index (κ2) is 8.88. The van der Waals surface area contributed by atoms with E-state index in [4.69, 9.17) is 4.42 Å². The average molecular weight is 486 g/mol. The number of benzene rings is 2. The number of amides is 1. The maximum Gasteiger partial charge on any atom is 0.271 e. The lowest BCUT2D eigenvalue weighted by Gasteiger charge is -2.23. The van der Waals surface area contributed by atoms with Crippen LogP contribution < -0.4 is 20.2 Å². The second-order valence-electron chi connectivity index (χ2n) is 8.36. The minimum atomic E-state index is -0.782. The highest BCUT2D eigenvalue weighted by molar-refractivity contribution is 7.07. The monoisotopic (exact) mass is 485 g/mol. The number of furan rings is 1. The Kier molecular flexibility index (Phi) is 5.74. The fraction of sp³-hybridized carbons (Fsp3) is 0.148. The molecular weight excluding hydrogens is 462 g/mol. The normalized spacial score (nSPS) is 15.6. The molecule has 8 heteroatoms. The highest BCUT2D eigenvalue weighted by atomic mass is 32.1. The van der Waals surface area contributed by atoms with Gasteiger partial charge < -0.3 is 14.8 Å². The van der Waals surface area contributed by atoms with Gasteiger partial charge in [-0.3, -0.25) is 14.2 Å². The zero-order valence-electron chi connectivity index (χ0n) is 19.4. The van der Waals surface area contributed by atoms with Crippen LogP contribution in [0.3, 0.4) is 0 Å². The van der Waals surface area contributed by atoms with Crippen LogP contribution in [0, 0.1) is 13.8 Å². The number of para-hydroxylation sites is 2. The Labute approximate surface area is 205 Å². The Balaban J connectivity index is 1.68. The number of hydrogen-bond donors (Lipinski definition) is 2. The molecule has 3 heterocycles. The van der Waals surface area contributed by atoms with Crippen molar-refractivity contribution in [3.8, 4) is 5.75 Å². The van der Waals surface area contributed by atoms with Crippen LogP contribution in [-0.4, -0.2) is 15.6 Å². The Morgan fingerprint density at radius 1 is 1.09 bits per heavy atom. The summed E-state index contributed by atoms with van der Waals surface area (Å²) < 4.78 is 7.81. The van der Waals surface area contributed by atoms with Crippen LogP contribution in [0.5, 0.6) is 5.75 Å². The van der Waals surface area contributed by atoms with Crippen molar-refractivity contribution in [2.24, 2.45) is 4.99 Å². The minimum Gasteiger partial charge on any atom is -0.507 e. The van der Waals surface area contributed by atoms with Crippen molar-refractivity contribution in [1.82, 2.24) is 4.57 Å². The SMILES string of the molecule is CC1=C(C(=O)Nc2ccccc2C)[C@@H](c2ccc(C)o2)n2c(s/c(=C/c3ccccc3O)c2=O)=N1. The lowest BCUT2D eigenvalue weighted by atomic mass is 10.00. The van der Waals surface area contributed by atoms with Crippen LogP contribution in [0.15, 0.2) is 86.1 Å². The number of rotatable bonds is 4. The molecule has 2 aromatic carbocycles. The van der Waals surface area contributed by atoms with E-state index in [0.29, 0.717) is 43.4 Å². The van der Waals surface area contributed by atoms with Gasteiger partial charge in [0.05, 0.1) is 15.8 Å². The number of aromatic hydroxyl groups is 1. The van der Waals surface area contributed by atoms with E-state index in [-0.39, 0.29) is 17.2 Å². The molecular formula is C27H23N3O4S. The van der Waals surface area contributed by atoms with Gasteiger partial charge in [0.2, 0.25) is 0 Å². The number of thiazole rings is 1. The van der Waals surface area contributed by atoms with E-state index < -0.39 is 6.04 Å². The molecule has 1 aliphatic heterocycles. The Hall–Kier alpha value is -4.17. The summed E-state index contributed by atoms with van der Waals surface area (Å²) in [6.07, 6.45) is 1.63. The van der Waals surface area contributed by atoms with Crippen molar-refractivity contribution in [2.45, 2.75) is 26.8 Å². The summed E-state index contributed by atoms with van der Waals surface area (Å²) in [7, 11) is 0. The van der Waals surface area contributed by atoms with E-state index >= 15 is 0 Å². The van der Waals surface area contributed by atoms with Gasteiger partial charge in [-0.05, 0) is 56.7 Å². The first-order chi connectivity index (χ1) is 16.8. The zero-order valence-corrected chi connectivity index (χ0v) is 20.2. The quantitative estimate of drug-likeness (QED) is 0.460. The number of nitrogens with one attached hydrogen (secondary N) is 1. The molecule has 7 nitrogen and oxygen atoms in total. The summed E-state index contributed by atoms with van der Waals surface area (Å²) in [5, 5.41) is 13.2. The number of carbonyl (C=O) groups is 1. The summed E-state index contributed by atoms with van der Waals surface area (Å²) in [6, 6.07) is 17.1. The second-order valence-corrected chi connectivity index (χ2v) is 9.37. The van der Waals surface area contributed by atoms with Gasteiger partial charge in [0, 0.05) is 11.3 Å². The molecule has 0 unspecified atom stereocenters. The topological polar surface area (TPSA) is 96.8 Å². The highest BCUT2D eigenvalue weighted by Crippen LogP contribution is 2.32. The Bertz CT molecular complexity index is 1670. The molecule has 0 fully saturated rings. The van der Waals surface area contributed by atoms with Crippen molar-refractivity contribution in [1.29, 1.82) is 0 Å². The van der Waals surface area contributed by atoms with Crippen molar-refractivity contribution >= 4 is 29.0 Å². The first-order valence-corrected chi connectivity index (χ1v) is 11.9. The smallest absolute Gasteiger partial charge is 0.271 e. The van der Waals surface area contributed by atoms with Crippen LogP contribution in [0.25, 0.3) is 6.08 Å². The maximum atomic E-state index is 13.6. The lowest BCUT2D eigenvalue weighted by molar-refractivity contribution is -0.113. The van der Waals surface area contributed by atoms with E-state index in [0.717, 1.165) is 5.56 Å². The first-order valence-electron chi connectivity index (χ1n) is 11.1. The molecule has 1 aliphatic rings. The van der Waals surface area contributed by atoms with E-state index in [2.05, 4.69) is 10.3 Å². The zero-order chi connectivity index (χ0) is 24.7. The molecule has 1 amide bonds. The van der Waals surface area contributed by atoms with E-state index in [1.807, 2.05) is 38.1 Å². The largest absolute Gasteiger partial charge is 0.507 e. The third kappa shape index (κ3) is 4.13. The highest BCUT2D eigenvalue weighted by Gasteiger charge is 2.34. The number of carbonyl (C=O) groups excluding carboxylic acids is 1. The lowest BCUT2D eigenvalue weighted by Crippen LogP contribution is -2.40. The number of allylic oxidation sites excluding steroid dienone is 1. The van der Waals surface area contributed by atoms with Gasteiger partial charge in [-0.25, -0.2) is 4.99 Å². The summed E-state index contributed by atoms with van der Waals surface area (Å²) in [5.74, 6) is 0.868. The predicted molar refractivity (Wildman–Crippen MR) is 135 cm³/mol. The third-order valence-corrected chi connectivity index (χ3v) is 6.90. The minimum absolute atomic E-state index is 0.0750. The number of phenols is 1. The van der Waals surface area contributed by atoms with Crippen LogP contribution in [-0.2, 0) is 4.79 Å². The number of phenolic OH excluding ortho intramolecular Hbond substituents is 1. The number of aromatic nitrogens is 1. The average Bonchev–Trinajstić information content (AvgIpc) is 3.39. The van der Waals surface area contributed by atoms with Gasteiger partial charge in [-0.15, -0.1) is 0 Å². The van der Waals surface area contributed by atoms with Gasteiger partial charge in [-0.1, -0.05) is 47.7 Å². The number of aryl methyl sites for hydroxylation is 2. The molecule has 0 bridgehead atoms. The van der Waals surface area contributed by atoms with E-state index in [9.17, 15) is 14.7 Å². The standard InChI is InChI=1S/C27H23N3O4S/c1-15-8-4-6-10-19(15)29-25(32)23-17(3)28-27-30(24(23)21-13-12-16(2)34-21)26(33)22(35-27)14-18-9-5-7-11-20(18)31/h4-14,24,31H,1-3H3,(H,29,32)/b22-14+/t24-/m1/s1. The molecule has 176 valence electrons. The van der Waals surface area contributed by atoms with Crippen molar-refractivity contribution in [2.75, 3.05) is 5.32 Å². The molecule has 4 aromatic rings. The van der Waals surface area contributed by atoms with Crippen LogP contribution in [0.1, 0.15) is 35.6 Å². The van der Waals surface area contributed by atoms with Crippen molar-refractivity contribution in [3.05, 3.63) is 114 Å². The van der Waals surface area contributed by atoms with Crippen molar-refractivity contribution in [3.63, 3.8) is 0 Å². The molecule has 0 aliphatic carbocycles. The van der Waals surface area contributed by atoms with E-state index in [1.54, 1.807) is 49.4 Å². The van der Waals surface area contributed by atoms with Gasteiger partial charge in [0.15, 0.2) is 4.80 Å². The van der Waals surface area contributed by atoms with Gasteiger partial charge in [-0.2, -0.15) is 0 Å². The fourth-order valence-electron chi connectivity index (χ4n) is 4.13. The number of anilines is 1. The summed E-state index contributed by atoms with van der Waals surface area (Å²) in [5.41, 5.74) is 2.66. The van der Waals surface area contributed by atoms with Crippen LogP contribution in [0.2, 0.25) is 0 Å². The van der Waals surface area contributed by atoms with Crippen LogP contribution >= 0.6 is 11.3 Å².